The lowest BCUT2D eigenvalue weighted by molar-refractivity contribution is 0.130. The van der Waals surface area contributed by atoms with Gasteiger partial charge in [-0.1, -0.05) is 60.3 Å². The molecule has 0 spiro atoms. The highest BCUT2D eigenvalue weighted by Crippen LogP contribution is 2.26. The molecule has 0 aliphatic heterocycles. The number of phenols is 1. The van der Waals surface area contributed by atoms with Crippen molar-refractivity contribution in [2.45, 2.75) is 106 Å². The Balaban J connectivity index is 0. The summed E-state index contributed by atoms with van der Waals surface area (Å²) in [6.45, 7) is 19.0. The van der Waals surface area contributed by atoms with Crippen LogP contribution in [-0.2, 0) is 6.42 Å². The first-order chi connectivity index (χ1) is 12.8. The van der Waals surface area contributed by atoms with Crippen molar-refractivity contribution in [3.05, 3.63) is 23.8 Å². The second-order valence-electron chi connectivity index (χ2n) is 7.57. The molecule has 1 aromatic carbocycles. The molecule has 1 aromatic rings. The van der Waals surface area contributed by atoms with Crippen LogP contribution in [0.4, 0.5) is 0 Å². The number of unbranched alkanes of at least 4 members (excludes halogenated alkanes) is 3. The smallest absolute Gasteiger partial charge is 0.120 e. The zero-order chi connectivity index (χ0) is 21.1. The van der Waals surface area contributed by atoms with Gasteiger partial charge >= 0.3 is 0 Å². The predicted molar refractivity (Wildman–Crippen MR) is 121 cm³/mol. The van der Waals surface area contributed by atoms with E-state index in [2.05, 4.69) is 26.1 Å². The first-order valence-corrected chi connectivity index (χ1v) is 11.1. The number of benzene rings is 1. The Hall–Kier alpha value is -1.22. The Morgan fingerprint density at radius 2 is 1.48 bits per heavy atom. The van der Waals surface area contributed by atoms with Crippen LogP contribution in [0.25, 0.3) is 0 Å². The van der Waals surface area contributed by atoms with Gasteiger partial charge in [-0.25, -0.2) is 0 Å². The summed E-state index contributed by atoms with van der Waals surface area (Å²) in [7, 11) is 0. The normalized spacial score (nSPS) is 10.4. The van der Waals surface area contributed by atoms with Gasteiger partial charge in [0.1, 0.15) is 17.1 Å². The van der Waals surface area contributed by atoms with Crippen molar-refractivity contribution in [2.24, 2.45) is 0 Å². The molecule has 0 aliphatic carbocycles. The van der Waals surface area contributed by atoms with E-state index >= 15 is 0 Å². The lowest BCUT2D eigenvalue weighted by Crippen LogP contribution is -2.22. The number of hydrogen-bond donors (Lipinski definition) is 2. The maximum absolute atomic E-state index is 9.61. The lowest BCUT2D eigenvalue weighted by atomic mass is 10.1. The van der Waals surface area contributed by atoms with Crippen LogP contribution in [0.15, 0.2) is 18.2 Å². The molecule has 3 heteroatoms. The zero-order valence-corrected chi connectivity index (χ0v) is 19.5. The monoisotopic (exact) mass is 381 g/mol. The third kappa shape index (κ3) is 17.9. The van der Waals surface area contributed by atoms with E-state index in [9.17, 15) is 5.11 Å². The summed E-state index contributed by atoms with van der Waals surface area (Å²) in [6.07, 6.45) is 8.58. The third-order valence-corrected chi connectivity index (χ3v) is 3.66. The number of rotatable bonds is 10. The van der Waals surface area contributed by atoms with Gasteiger partial charge in [-0.2, -0.15) is 0 Å². The van der Waals surface area contributed by atoms with Gasteiger partial charge in [-0.05, 0) is 76.9 Å². The largest absolute Gasteiger partial charge is 0.508 e. The Morgan fingerprint density at radius 3 is 2.00 bits per heavy atom. The van der Waals surface area contributed by atoms with E-state index in [-0.39, 0.29) is 5.60 Å². The maximum Gasteiger partial charge on any atom is 0.120 e. The fraction of sp³-hybridized carbons (Fsp3) is 0.750. The third-order valence-electron chi connectivity index (χ3n) is 3.66. The number of aromatic hydroxyl groups is 1. The molecule has 160 valence electrons. The summed E-state index contributed by atoms with van der Waals surface area (Å²) >= 11 is 0. The summed E-state index contributed by atoms with van der Waals surface area (Å²) in [5.74, 6) is 1.18. The molecule has 27 heavy (non-hydrogen) atoms. The van der Waals surface area contributed by atoms with Gasteiger partial charge < -0.3 is 15.2 Å². The van der Waals surface area contributed by atoms with Gasteiger partial charge in [0.25, 0.3) is 0 Å². The summed E-state index contributed by atoms with van der Waals surface area (Å²) in [6, 6.07) is 5.43. The van der Waals surface area contributed by atoms with Crippen molar-refractivity contribution in [1.29, 1.82) is 0 Å². The Morgan fingerprint density at radius 1 is 0.889 bits per heavy atom. The van der Waals surface area contributed by atoms with Crippen molar-refractivity contribution in [3.8, 4) is 11.5 Å². The van der Waals surface area contributed by atoms with Crippen molar-refractivity contribution < 1.29 is 9.84 Å². The number of nitrogens with one attached hydrogen (secondary N) is 1. The van der Waals surface area contributed by atoms with Crippen molar-refractivity contribution in [3.63, 3.8) is 0 Å². The minimum absolute atomic E-state index is 0.194. The molecule has 0 unspecified atom stereocenters. The van der Waals surface area contributed by atoms with Gasteiger partial charge in [0.2, 0.25) is 0 Å². The second-order valence-corrected chi connectivity index (χ2v) is 7.57. The predicted octanol–water partition coefficient (Wildman–Crippen LogP) is 7.11. The average Bonchev–Trinajstić information content (AvgIpc) is 2.62. The molecule has 0 saturated heterocycles. The molecule has 3 nitrogen and oxygen atoms in total. The summed E-state index contributed by atoms with van der Waals surface area (Å²) < 4.78 is 5.73. The minimum Gasteiger partial charge on any atom is -0.508 e. The van der Waals surface area contributed by atoms with Crippen LogP contribution in [0.1, 0.15) is 99.5 Å². The Bertz CT molecular complexity index is 430. The summed E-state index contributed by atoms with van der Waals surface area (Å²) in [5.41, 5.74) is 0.764. The molecule has 0 radical (unpaired) electrons. The van der Waals surface area contributed by atoms with E-state index in [1.807, 2.05) is 40.7 Å². The molecule has 0 amide bonds. The van der Waals surface area contributed by atoms with E-state index in [0.29, 0.717) is 5.75 Å². The molecule has 0 atom stereocenters. The SMILES string of the molecule is CC.CCCCCNCCCC.CCCc1cc(OC(C)(C)C)ccc1O. The van der Waals surface area contributed by atoms with Gasteiger partial charge in [0, 0.05) is 0 Å². The summed E-state index contributed by atoms with van der Waals surface area (Å²) in [5, 5.41) is 13.0. The van der Waals surface area contributed by atoms with Crippen molar-refractivity contribution in [1.82, 2.24) is 5.32 Å². The lowest BCUT2D eigenvalue weighted by Gasteiger charge is -2.21. The first-order valence-electron chi connectivity index (χ1n) is 11.1. The molecule has 0 heterocycles. The fourth-order valence-electron chi connectivity index (χ4n) is 2.38. The molecule has 0 saturated carbocycles. The molecular formula is C24H47NO2. The minimum atomic E-state index is -0.194. The van der Waals surface area contributed by atoms with E-state index in [0.717, 1.165) is 24.2 Å². The van der Waals surface area contributed by atoms with Crippen LogP contribution >= 0.6 is 0 Å². The number of hydrogen-bond acceptors (Lipinski definition) is 3. The van der Waals surface area contributed by atoms with Crippen LogP contribution in [0.2, 0.25) is 0 Å². The average molecular weight is 382 g/mol. The summed E-state index contributed by atoms with van der Waals surface area (Å²) in [4.78, 5) is 0. The van der Waals surface area contributed by atoms with Crippen LogP contribution in [0.5, 0.6) is 11.5 Å². The van der Waals surface area contributed by atoms with Crippen molar-refractivity contribution >= 4 is 0 Å². The van der Waals surface area contributed by atoms with Crippen LogP contribution in [-0.4, -0.2) is 23.8 Å². The molecule has 0 aliphatic rings. The molecule has 2 N–H and O–H groups in total. The molecule has 0 fully saturated rings. The van der Waals surface area contributed by atoms with Gasteiger partial charge in [0.15, 0.2) is 0 Å². The topological polar surface area (TPSA) is 41.5 Å². The Kier molecular flexibility index (Phi) is 18.8. The highest BCUT2D eigenvalue weighted by atomic mass is 16.5. The van der Waals surface area contributed by atoms with Gasteiger partial charge in [0.05, 0.1) is 0 Å². The van der Waals surface area contributed by atoms with E-state index in [1.165, 1.54) is 45.2 Å². The fourth-order valence-corrected chi connectivity index (χ4v) is 2.38. The maximum atomic E-state index is 9.61. The molecular weight excluding hydrogens is 334 g/mol. The van der Waals surface area contributed by atoms with Gasteiger partial charge in [-0.15, -0.1) is 0 Å². The van der Waals surface area contributed by atoms with E-state index < -0.39 is 0 Å². The highest BCUT2D eigenvalue weighted by Gasteiger charge is 2.12. The highest BCUT2D eigenvalue weighted by molar-refractivity contribution is 5.39. The quantitative estimate of drug-likeness (QED) is 0.424. The van der Waals surface area contributed by atoms with Crippen LogP contribution < -0.4 is 10.1 Å². The number of aryl methyl sites for hydroxylation is 1. The Labute approximate surface area is 169 Å². The van der Waals surface area contributed by atoms with Crippen molar-refractivity contribution in [2.75, 3.05) is 13.1 Å². The van der Waals surface area contributed by atoms with Crippen LogP contribution in [0.3, 0.4) is 0 Å². The number of ether oxygens (including phenoxy) is 1. The van der Waals surface area contributed by atoms with Gasteiger partial charge in [-0.3, -0.25) is 0 Å². The molecule has 0 bridgehead atoms. The zero-order valence-electron chi connectivity index (χ0n) is 19.5. The molecule has 1 rings (SSSR count). The first kappa shape index (κ1) is 28.0. The molecule has 0 aromatic heterocycles. The van der Waals surface area contributed by atoms with E-state index in [4.69, 9.17) is 4.74 Å². The standard InChI is InChI=1S/C13H20O2.C9H21N.C2H6/c1-5-6-10-9-11(7-8-12(10)14)15-13(2,3)4;1-3-5-7-9-10-8-6-4-2;1-2/h7-9,14H,5-6H2,1-4H3;10H,3-9H2,1-2H3;1-2H3. The number of phenolic OH excluding ortho intramolecular Hbond substituents is 1. The van der Waals surface area contributed by atoms with Crippen LogP contribution in [0, 0.1) is 0 Å². The van der Waals surface area contributed by atoms with E-state index in [1.54, 1.807) is 12.1 Å². The second kappa shape index (κ2) is 18.2.